The fourth-order valence-electron chi connectivity index (χ4n) is 1.08. The third kappa shape index (κ3) is 1.75. The minimum Gasteiger partial charge on any atom is -0.338 e. The van der Waals surface area contributed by atoms with Crippen molar-refractivity contribution in [3.05, 3.63) is 18.2 Å². The largest absolute Gasteiger partial charge is 0.338 e. The highest BCUT2D eigenvalue weighted by Gasteiger charge is 2.22. The molecule has 0 unspecified atom stereocenters. The molecule has 0 aromatic carbocycles. The molecular formula is C8H13IN2. The van der Waals surface area contributed by atoms with Crippen LogP contribution in [0.5, 0.6) is 0 Å². The Labute approximate surface area is 81.2 Å². The summed E-state index contributed by atoms with van der Waals surface area (Å²) in [5.74, 6) is 1.16. The van der Waals surface area contributed by atoms with Gasteiger partial charge in [-0.15, -0.1) is 0 Å². The topological polar surface area (TPSA) is 17.8 Å². The van der Waals surface area contributed by atoms with Gasteiger partial charge in [0.15, 0.2) is 0 Å². The lowest BCUT2D eigenvalue weighted by molar-refractivity contribution is 0.539. The van der Waals surface area contributed by atoms with Crippen molar-refractivity contribution in [1.29, 1.82) is 0 Å². The van der Waals surface area contributed by atoms with Gasteiger partial charge in [-0.3, -0.25) is 0 Å². The minimum atomic E-state index is 0.193. The number of nitrogens with zero attached hydrogens (tertiary/aromatic N) is 2. The van der Waals surface area contributed by atoms with E-state index in [0.717, 1.165) is 10.3 Å². The van der Waals surface area contributed by atoms with Crippen molar-refractivity contribution < 1.29 is 0 Å². The van der Waals surface area contributed by atoms with Crippen LogP contribution in [-0.2, 0) is 12.5 Å². The molecule has 0 atom stereocenters. The molecule has 0 saturated heterocycles. The molecule has 1 aromatic rings. The first-order chi connectivity index (χ1) is 5.08. The van der Waals surface area contributed by atoms with Crippen LogP contribution in [0.4, 0.5) is 0 Å². The monoisotopic (exact) mass is 264 g/mol. The van der Waals surface area contributed by atoms with Crippen LogP contribution in [0.1, 0.15) is 19.7 Å². The highest BCUT2D eigenvalue weighted by atomic mass is 127. The third-order valence-electron chi connectivity index (χ3n) is 1.76. The molecule has 0 aliphatic rings. The maximum Gasteiger partial charge on any atom is 0.114 e. The molecule has 3 heteroatoms. The highest BCUT2D eigenvalue weighted by molar-refractivity contribution is 14.1. The van der Waals surface area contributed by atoms with E-state index in [1.807, 2.05) is 19.4 Å². The van der Waals surface area contributed by atoms with E-state index in [2.05, 4.69) is 46.0 Å². The van der Waals surface area contributed by atoms with Gasteiger partial charge >= 0.3 is 0 Å². The summed E-state index contributed by atoms with van der Waals surface area (Å²) in [5, 5.41) is 0. The van der Waals surface area contributed by atoms with Crippen LogP contribution in [0, 0.1) is 0 Å². The van der Waals surface area contributed by atoms with Crippen LogP contribution < -0.4 is 0 Å². The SMILES string of the molecule is Cn1ccnc1C(C)(C)CI. The predicted molar refractivity (Wildman–Crippen MR) is 55.1 cm³/mol. The fraction of sp³-hybridized carbons (Fsp3) is 0.625. The molecule has 0 spiro atoms. The van der Waals surface area contributed by atoms with Gasteiger partial charge in [0.2, 0.25) is 0 Å². The summed E-state index contributed by atoms with van der Waals surface area (Å²) >= 11 is 2.39. The van der Waals surface area contributed by atoms with Gasteiger partial charge in [-0.2, -0.15) is 0 Å². The Hall–Kier alpha value is -0.0600. The number of halogens is 1. The standard InChI is InChI=1S/C8H13IN2/c1-8(2,6-9)7-10-4-5-11(7)3/h4-5H,6H2,1-3H3. The van der Waals surface area contributed by atoms with E-state index in [1.165, 1.54) is 0 Å². The average Bonchev–Trinajstić information content (AvgIpc) is 2.36. The average molecular weight is 264 g/mol. The first kappa shape index (κ1) is 9.03. The Kier molecular flexibility index (Phi) is 2.57. The molecule has 0 aliphatic carbocycles. The van der Waals surface area contributed by atoms with Gasteiger partial charge in [0.25, 0.3) is 0 Å². The minimum absolute atomic E-state index is 0.193. The third-order valence-corrected chi connectivity index (χ3v) is 3.67. The summed E-state index contributed by atoms with van der Waals surface area (Å²) in [5.41, 5.74) is 0.193. The highest BCUT2D eigenvalue weighted by Crippen LogP contribution is 2.22. The summed E-state index contributed by atoms with van der Waals surface area (Å²) in [6, 6.07) is 0. The van der Waals surface area contributed by atoms with E-state index in [0.29, 0.717) is 0 Å². The molecule has 0 saturated carbocycles. The van der Waals surface area contributed by atoms with Crippen LogP contribution in [0.15, 0.2) is 12.4 Å². The lowest BCUT2D eigenvalue weighted by Gasteiger charge is -2.20. The van der Waals surface area contributed by atoms with Gasteiger partial charge in [0.05, 0.1) is 0 Å². The van der Waals surface area contributed by atoms with Gasteiger partial charge in [0.1, 0.15) is 5.82 Å². The molecule has 0 fully saturated rings. The van der Waals surface area contributed by atoms with Gasteiger partial charge in [-0.1, -0.05) is 36.4 Å². The molecule has 0 aliphatic heterocycles. The molecule has 0 N–H and O–H groups in total. The number of hydrogen-bond donors (Lipinski definition) is 0. The molecule has 1 heterocycles. The molecule has 0 bridgehead atoms. The fourth-order valence-corrected chi connectivity index (χ4v) is 1.42. The van der Waals surface area contributed by atoms with Crippen molar-refractivity contribution >= 4 is 22.6 Å². The smallest absolute Gasteiger partial charge is 0.114 e. The van der Waals surface area contributed by atoms with Crippen LogP contribution in [-0.4, -0.2) is 14.0 Å². The lowest BCUT2D eigenvalue weighted by Crippen LogP contribution is -2.23. The first-order valence-corrected chi connectivity index (χ1v) is 5.14. The van der Waals surface area contributed by atoms with E-state index in [9.17, 15) is 0 Å². The van der Waals surface area contributed by atoms with E-state index >= 15 is 0 Å². The van der Waals surface area contributed by atoms with Gasteiger partial charge < -0.3 is 4.57 Å². The van der Waals surface area contributed by atoms with Crippen LogP contribution >= 0.6 is 22.6 Å². The number of rotatable bonds is 2. The molecule has 0 radical (unpaired) electrons. The Morgan fingerprint density at radius 1 is 1.64 bits per heavy atom. The van der Waals surface area contributed by atoms with Crippen LogP contribution in [0.25, 0.3) is 0 Å². The second-order valence-electron chi connectivity index (χ2n) is 3.38. The van der Waals surface area contributed by atoms with E-state index in [-0.39, 0.29) is 5.41 Å². The number of imidazole rings is 1. The Bertz CT molecular complexity index is 240. The molecule has 62 valence electrons. The van der Waals surface area contributed by atoms with Crippen LogP contribution in [0.2, 0.25) is 0 Å². The van der Waals surface area contributed by atoms with Crippen molar-refractivity contribution in [2.45, 2.75) is 19.3 Å². The summed E-state index contributed by atoms with van der Waals surface area (Å²) in [6.45, 7) is 4.42. The zero-order valence-electron chi connectivity index (χ0n) is 7.13. The van der Waals surface area contributed by atoms with Gasteiger partial charge in [-0.25, -0.2) is 4.98 Å². The first-order valence-electron chi connectivity index (χ1n) is 3.61. The maximum atomic E-state index is 4.32. The number of alkyl halides is 1. The zero-order valence-corrected chi connectivity index (χ0v) is 9.29. The van der Waals surface area contributed by atoms with Crippen molar-refractivity contribution in [1.82, 2.24) is 9.55 Å². The van der Waals surface area contributed by atoms with Crippen molar-refractivity contribution in [2.75, 3.05) is 4.43 Å². The van der Waals surface area contributed by atoms with E-state index in [4.69, 9.17) is 0 Å². The van der Waals surface area contributed by atoms with E-state index in [1.54, 1.807) is 0 Å². The predicted octanol–water partition coefficient (Wildman–Crippen LogP) is 2.13. The lowest BCUT2D eigenvalue weighted by atomic mass is 9.96. The van der Waals surface area contributed by atoms with E-state index < -0.39 is 0 Å². The quantitative estimate of drug-likeness (QED) is 0.591. The Balaban J connectivity index is 3.00. The van der Waals surface area contributed by atoms with Crippen molar-refractivity contribution in [3.63, 3.8) is 0 Å². The molecule has 0 amide bonds. The zero-order chi connectivity index (χ0) is 8.48. The summed E-state index contributed by atoms with van der Waals surface area (Å²) < 4.78 is 3.17. The number of hydrogen-bond acceptors (Lipinski definition) is 1. The summed E-state index contributed by atoms with van der Waals surface area (Å²) in [6.07, 6.45) is 3.84. The second-order valence-corrected chi connectivity index (χ2v) is 4.14. The van der Waals surface area contributed by atoms with Crippen molar-refractivity contribution in [3.8, 4) is 0 Å². The van der Waals surface area contributed by atoms with Crippen molar-refractivity contribution in [2.24, 2.45) is 7.05 Å². The number of aromatic nitrogens is 2. The molecule has 1 aromatic heterocycles. The summed E-state index contributed by atoms with van der Waals surface area (Å²) in [7, 11) is 2.04. The summed E-state index contributed by atoms with van der Waals surface area (Å²) in [4.78, 5) is 4.32. The molecular weight excluding hydrogens is 251 g/mol. The Morgan fingerprint density at radius 2 is 2.27 bits per heavy atom. The molecule has 2 nitrogen and oxygen atoms in total. The molecule has 1 rings (SSSR count). The number of aryl methyl sites for hydroxylation is 1. The van der Waals surface area contributed by atoms with Gasteiger partial charge in [0, 0.05) is 29.3 Å². The normalized spacial score (nSPS) is 12.0. The molecule has 11 heavy (non-hydrogen) atoms. The maximum absolute atomic E-state index is 4.32. The Morgan fingerprint density at radius 3 is 2.64 bits per heavy atom. The van der Waals surface area contributed by atoms with Crippen LogP contribution in [0.3, 0.4) is 0 Å². The van der Waals surface area contributed by atoms with Gasteiger partial charge in [-0.05, 0) is 0 Å². The second kappa shape index (κ2) is 3.13.